The third kappa shape index (κ3) is 11.8. The highest BCUT2D eigenvalue weighted by Gasteiger charge is 2.38. The summed E-state index contributed by atoms with van der Waals surface area (Å²) in [4.78, 5) is 0. The lowest BCUT2D eigenvalue weighted by molar-refractivity contribution is 0.391. The zero-order chi connectivity index (χ0) is 14.8. The lowest BCUT2D eigenvalue weighted by Gasteiger charge is -2.37. The van der Waals surface area contributed by atoms with Crippen LogP contribution in [0.3, 0.4) is 0 Å². The summed E-state index contributed by atoms with van der Waals surface area (Å²) in [5.41, 5.74) is 0. The molecule has 110 valence electrons. The molecule has 0 saturated heterocycles. The first-order chi connectivity index (χ1) is 7.62. The van der Waals surface area contributed by atoms with Crippen LogP contribution in [0.25, 0.3) is 0 Å². The molecule has 0 amide bonds. The average Bonchev–Trinajstić information content (AvgIpc) is 1.91. The molecular formula is C10H25Br3O2Si3. The predicted octanol–water partition coefficient (Wildman–Crippen LogP) is 5.99. The number of hydrogen-bond donors (Lipinski definition) is 0. The van der Waals surface area contributed by atoms with Gasteiger partial charge in [-0.1, -0.05) is 47.8 Å². The van der Waals surface area contributed by atoms with Crippen molar-refractivity contribution in [3.63, 3.8) is 0 Å². The zero-order valence-electron chi connectivity index (χ0n) is 12.4. The molecule has 8 heteroatoms. The van der Waals surface area contributed by atoms with Crippen molar-refractivity contribution in [1.29, 1.82) is 0 Å². The van der Waals surface area contributed by atoms with Gasteiger partial charge in [0.15, 0.2) is 16.6 Å². The van der Waals surface area contributed by atoms with Gasteiger partial charge < -0.3 is 8.23 Å². The van der Waals surface area contributed by atoms with Crippen LogP contribution < -0.4 is 0 Å². The predicted molar refractivity (Wildman–Crippen MR) is 99.4 cm³/mol. The van der Waals surface area contributed by atoms with Crippen molar-refractivity contribution in [2.24, 2.45) is 0 Å². The molecule has 18 heavy (non-hydrogen) atoms. The van der Waals surface area contributed by atoms with Gasteiger partial charge in [0.2, 0.25) is 0 Å². The van der Waals surface area contributed by atoms with Crippen molar-refractivity contribution in [2.75, 3.05) is 0 Å². The molecule has 0 aromatic carbocycles. The van der Waals surface area contributed by atoms with E-state index < -0.39 is 25.2 Å². The van der Waals surface area contributed by atoms with Crippen LogP contribution in [0.1, 0.15) is 6.42 Å². The lowest BCUT2D eigenvalue weighted by Crippen LogP contribution is -2.51. The van der Waals surface area contributed by atoms with Gasteiger partial charge in [-0.25, -0.2) is 0 Å². The Bertz CT molecular complexity index is 273. The smallest absolute Gasteiger partial charge is 0.311 e. The first-order valence-corrected chi connectivity index (χ1v) is 17.8. The highest BCUT2D eigenvalue weighted by Crippen LogP contribution is 2.40. The highest BCUT2D eigenvalue weighted by molar-refractivity contribution is 9.39. The highest BCUT2D eigenvalue weighted by atomic mass is 80.0. The van der Waals surface area contributed by atoms with E-state index in [2.05, 4.69) is 93.6 Å². The Hall–Kier alpha value is 2.01. The summed E-state index contributed by atoms with van der Waals surface area (Å²) in [6.07, 6.45) is 0.990. The maximum atomic E-state index is 6.42. The van der Waals surface area contributed by atoms with Crippen molar-refractivity contribution in [3.8, 4) is 0 Å². The van der Waals surface area contributed by atoms with Crippen LogP contribution in [0.15, 0.2) is 0 Å². The van der Waals surface area contributed by atoms with Crippen LogP contribution in [-0.2, 0) is 8.23 Å². The fourth-order valence-electron chi connectivity index (χ4n) is 1.92. The molecule has 0 radical (unpaired) electrons. The standard InChI is InChI=1S/C10H25Br3O2Si3/c1-16(2,3)14-18(6,7)15-17(4,5)9-8-10(11,12)13/h8-9H2,1-7H3. The molecule has 0 unspecified atom stereocenters. The Labute approximate surface area is 140 Å². The number of alkyl halides is 3. The quantitative estimate of drug-likeness (QED) is 0.329. The summed E-state index contributed by atoms with van der Waals surface area (Å²) in [5.74, 6) is 0. The molecule has 0 aliphatic rings. The van der Waals surface area contributed by atoms with E-state index in [4.69, 9.17) is 8.23 Å². The van der Waals surface area contributed by atoms with Crippen molar-refractivity contribution in [1.82, 2.24) is 0 Å². The molecule has 0 saturated carbocycles. The van der Waals surface area contributed by atoms with Crippen LogP contribution in [0.2, 0.25) is 51.9 Å². The minimum absolute atomic E-state index is 0.161. The number of hydrogen-bond acceptors (Lipinski definition) is 2. The molecule has 2 nitrogen and oxygen atoms in total. The fourth-order valence-corrected chi connectivity index (χ4v) is 16.8. The molecule has 0 spiro atoms. The van der Waals surface area contributed by atoms with Gasteiger partial charge >= 0.3 is 8.56 Å². The summed E-state index contributed by atoms with van der Waals surface area (Å²) in [5, 5.41) is 0. The van der Waals surface area contributed by atoms with E-state index >= 15 is 0 Å². The van der Waals surface area contributed by atoms with Gasteiger partial charge in [-0.05, 0) is 58.3 Å². The van der Waals surface area contributed by atoms with Crippen molar-refractivity contribution in [3.05, 3.63) is 0 Å². The van der Waals surface area contributed by atoms with Gasteiger partial charge in [0.25, 0.3) is 0 Å². The maximum Gasteiger partial charge on any atom is 0.311 e. The van der Waals surface area contributed by atoms with Crippen LogP contribution >= 0.6 is 47.8 Å². The Morgan fingerprint density at radius 1 is 0.833 bits per heavy atom. The SMILES string of the molecule is C[Si](C)(C)O[Si](C)(C)O[Si](C)(C)CCC(Br)(Br)Br. The van der Waals surface area contributed by atoms with Gasteiger partial charge in [0.05, 0.1) is 0 Å². The second kappa shape index (κ2) is 6.85. The minimum atomic E-state index is -1.99. The fraction of sp³-hybridized carbons (Fsp3) is 1.00. The summed E-state index contributed by atoms with van der Waals surface area (Å²) < 4.78 is 12.5. The molecule has 0 aliphatic heterocycles. The first kappa shape index (κ1) is 20.0. The van der Waals surface area contributed by atoms with Gasteiger partial charge in [-0.3, -0.25) is 0 Å². The molecule has 0 aromatic rings. The van der Waals surface area contributed by atoms with Crippen molar-refractivity contribution >= 4 is 73.0 Å². The van der Waals surface area contributed by atoms with E-state index in [9.17, 15) is 0 Å². The molecule has 0 bridgehead atoms. The molecule has 0 N–H and O–H groups in total. The van der Waals surface area contributed by atoms with Crippen molar-refractivity contribution < 1.29 is 8.23 Å². The average molecular weight is 501 g/mol. The van der Waals surface area contributed by atoms with E-state index in [1.54, 1.807) is 0 Å². The minimum Gasteiger partial charge on any atom is -0.437 e. The normalized spacial score (nSPS) is 15.0. The Balaban J connectivity index is 4.47. The Kier molecular flexibility index (Phi) is 7.61. The molecule has 0 rings (SSSR count). The molecule has 0 atom stereocenters. The second-order valence-corrected chi connectivity index (χ2v) is 26.5. The third-order valence-electron chi connectivity index (χ3n) is 2.08. The van der Waals surface area contributed by atoms with Crippen LogP contribution in [0, 0.1) is 0 Å². The van der Waals surface area contributed by atoms with E-state index in [0.29, 0.717) is 0 Å². The number of rotatable bonds is 6. The second-order valence-electron chi connectivity index (χ2n) is 6.59. The van der Waals surface area contributed by atoms with Crippen LogP contribution in [0.4, 0.5) is 0 Å². The Morgan fingerprint density at radius 2 is 1.28 bits per heavy atom. The first-order valence-electron chi connectivity index (χ1n) is 6.09. The summed E-state index contributed by atoms with van der Waals surface area (Å²) in [7, 11) is -5.19. The molecule has 0 aromatic heterocycles. The third-order valence-corrected chi connectivity index (χ3v) is 13.3. The Morgan fingerprint density at radius 3 is 1.61 bits per heavy atom. The molecule has 0 fully saturated rings. The van der Waals surface area contributed by atoms with Gasteiger partial charge in [0.1, 0.15) is 2.14 Å². The van der Waals surface area contributed by atoms with E-state index in [0.717, 1.165) is 12.5 Å². The summed E-state index contributed by atoms with van der Waals surface area (Å²) in [6, 6.07) is 1.08. The van der Waals surface area contributed by atoms with Gasteiger partial charge in [-0.2, -0.15) is 0 Å². The zero-order valence-corrected chi connectivity index (χ0v) is 20.1. The molecule has 0 aliphatic carbocycles. The van der Waals surface area contributed by atoms with Crippen LogP contribution in [-0.4, -0.2) is 27.3 Å². The lowest BCUT2D eigenvalue weighted by atomic mass is 10.6. The van der Waals surface area contributed by atoms with E-state index in [-0.39, 0.29) is 2.14 Å². The van der Waals surface area contributed by atoms with Gasteiger partial charge in [-0.15, -0.1) is 0 Å². The van der Waals surface area contributed by atoms with Gasteiger partial charge in [0, 0.05) is 0 Å². The maximum absolute atomic E-state index is 6.42. The molecule has 0 heterocycles. The largest absolute Gasteiger partial charge is 0.437 e. The monoisotopic (exact) mass is 498 g/mol. The topological polar surface area (TPSA) is 18.5 Å². The summed E-state index contributed by atoms with van der Waals surface area (Å²) in [6.45, 7) is 15.6. The van der Waals surface area contributed by atoms with E-state index in [1.165, 1.54) is 0 Å². The van der Waals surface area contributed by atoms with Crippen LogP contribution in [0.5, 0.6) is 0 Å². The molecular weight excluding hydrogens is 476 g/mol. The summed E-state index contributed by atoms with van der Waals surface area (Å²) >= 11 is 10.6. The van der Waals surface area contributed by atoms with E-state index in [1.807, 2.05) is 0 Å². The van der Waals surface area contributed by atoms with Crippen molar-refractivity contribution in [2.45, 2.75) is 60.4 Å². The number of halogens is 3.